The van der Waals surface area contributed by atoms with E-state index in [0.717, 1.165) is 11.3 Å². The summed E-state index contributed by atoms with van der Waals surface area (Å²) in [5, 5.41) is 6.38. The number of benzene rings is 1. The Morgan fingerprint density at radius 3 is 2.62 bits per heavy atom. The molecule has 1 fully saturated rings. The monoisotopic (exact) mass is 374 g/mol. The van der Waals surface area contributed by atoms with Gasteiger partial charge in [0.2, 0.25) is 10.0 Å². The molecule has 2 N–H and O–H groups in total. The summed E-state index contributed by atoms with van der Waals surface area (Å²) in [4.78, 5) is 13.3. The standard InChI is InChI=1S/C17H18N4O4S/c1-12-16(13(2)25-20-12)26(23,24)19-9-3-4-14-5-7-15(8-6-14)21-11-10-18-17(21)22/h5-8,19H,9-11H2,1-2H3,(H,18,22). The molecule has 9 heteroatoms. The Bertz CT molecular complexity index is 965. The quantitative estimate of drug-likeness (QED) is 0.781. The molecule has 2 aromatic rings. The third-order valence-corrected chi connectivity index (χ3v) is 5.50. The highest BCUT2D eigenvalue weighted by atomic mass is 32.2. The van der Waals surface area contributed by atoms with Gasteiger partial charge in [-0.3, -0.25) is 4.90 Å². The smallest absolute Gasteiger partial charge is 0.321 e. The van der Waals surface area contributed by atoms with E-state index in [0.29, 0.717) is 18.8 Å². The van der Waals surface area contributed by atoms with Crippen LogP contribution < -0.4 is 14.9 Å². The molecule has 26 heavy (non-hydrogen) atoms. The van der Waals surface area contributed by atoms with Crippen LogP contribution in [-0.2, 0) is 10.0 Å². The lowest BCUT2D eigenvalue weighted by atomic mass is 10.2. The zero-order valence-corrected chi connectivity index (χ0v) is 15.2. The molecule has 1 aliphatic rings. The Kier molecular flexibility index (Phi) is 4.97. The van der Waals surface area contributed by atoms with E-state index in [4.69, 9.17) is 4.52 Å². The molecule has 0 aliphatic carbocycles. The van der Waals surface area contributed by atoms with Crippen LogP contribution in [0.3, 0.4) is 0 Å². The Morgan fingerprint density at radius 2 is 2.04 bits per heavy atom. The number of anilines is 1. The van der Waals surface area contributed by atoms with Crippen LogP contribution in [-0.4, -0.2) is 39.2 Å². The van der Waals surface area contributed by atoms with Crippen molar-refractivity contribution in [1.29, 1.82) is 0 Å². The number of amides is 2. The first kappa shape index (κ1) is 18.0. The maximum Gasteiger partial charge on any atom is 0.321 e. The number of aromatic nitrogens is 1. The number of nitrogens with zero attached hydrogens (tertiary/aromatic N) is 2. The van der Waals surface area contributed by atoms with E-state index in [1.807, 2.05) is 12.1 Å². The fourth-order valence-electron chi connectivity index (χ4n) is 2.65. The predicted octanol–water partition coefficient (Wildman–Crippen LogP) is 1.15. The van der Waals surface area contributed by atoms with Crippen molar-refractivity contribution < 1.29 is 17.7 Å². The number of hydrogen-bond acceptors (Lipinski definition) is 5. The van der Waals surface area contributed by atoms with Gasteiger partial charge < -0.3 is 9.84 Å². The Hall–Kier alpha value is -2.83. The van der Waals surface area contributed by atoms with E-state index in [2.05, 4.69) is 27.0 Å². The van der Waals surface area contributed by atoms with E-state index in [1.165, 1.54) is 0 Å². The van der Waals surface area contributed by atoms with Gasteiger partial charge in [-0.25, -0.2) is 13.2 Å². The molecule has 3 rings (SSSR count). The van der Waals surface area contributed by atoms with E-state index in [1.54, 1.807) is 30.9 Å². The minimum absolute atomic E-state index is 0.0390. The number of hydrogen-bond donors (Lipinski definition) is 2. The van der Waals surface area contributed by atoms with Crippen LogP contribution in [0.2, 0.25) is 0 Å². The van der Waals surface area contributed by atoms with Gasteiger partial charge in [0.25, 0.3) is 0 Å². The second-order valence-electron chi connectivity index (χ2n) is 5.71. The number of aryl methyl sites for hydroxylation is 2. The topological polar surface area (TPSA) is 105 Å². The van der Waals surface area contributed by atoms with Gasteiger partial charge in [0, 0.05) is 24.3 Å². The van der Waals surface area contributed by atoms with Crippen LogP contribution in [0.5, 0.6) is 0 Å². The fraction of sp³-hybridized carbons (Fsp3) is 0.294. The van der Waals surface area contributed by atoms with Gasteiger partial charge in [0.1, 0.15) is 10.6 Å². The van der Waals surface area contributed by atoms with Crippen LogP contribution in [0.4, 0.5) is 10.5 Å². The first-order valence-electron chi connectivity index (χ1n) is 7.95. The second-order valence-corrected chi connectivity index (χ2v) is 7.41. The van der Waals surface area contributed by atoms with Gasteiger partial charge in [-0.1, -0.05) is 17.0 Å². The molecular weight excluding hydrogens is 356 g/mol. The lowest BCUT2D eigenvalue weighted by molar-refractivity contribution is 0.252. The number of rotatable bonds is 4. The van der Waals surface area contributed by atoms with Crippen molar-refractivity contribution >= 4 is 21.7 Å². The molecule has 2 heterocycles. The normalized spacial score (nSPS) is 14.1. The highest BCUT2D eigenvalue weighted by Crippen LogP contribution is 2.18. The maximum atomic E-state index is 12.2. The van der Waals surface area contributed by atoms with Crippen molar-refractivity contribution in [3.8, 4) is 11.8 Å². The van der Waals surface area contributed by atoms with E-state index >= 15 is 0 Å². The molecule has 0 saturated carbocycles. The SMILES string of the molecule is Cc1noc(C)c1S(=O)(=O)NCC#Cc1ccc(N2CCNC2=O)cc1. The van der Waals surface area contributed by atoms with E-state index < -0.39 is 10.0 Å². The van der Waals surface area contributed by atoms with Gasteiger partial charge in [-0.15, -0.1) is 0 Å². The largest absolute Gasteiger partial charge is 0.360 e. The van der Waals surface area contributed by atoms with Gasteiger partial charge >= 0.3 is 6.03 Å². The summed E-state index contributed by atoms with van der Waals surface area (Å²) in [5.74, 6) is 5.90. The van der Waals surface area contributed by atoms with E-state index in [-0.39, 0.29) is 23.2 Å². The molecule has 0 radical (unpaired) electrons. The van der Waals surface area contributed by atoms with Gasteiger partial charge in [0.05, 0.1) is 6.54 Å². The molecule has 0 spiro atoms. The summed E-state index contributed by atoms with van der Waals surface area (Å²) < 4.78 is 31.8. The summed E-state index contributed by atoms with van der Waals surface area (Å²) in [7, 11) is -3.72. The molecule has 0 bridgehead atoms. The lowest BCUT2D eigenvalue weighted by Crippen LogP contribution is -2.27. The Morgan fingerprint density at radius 1 is 1.31 bits per heavy atom. The highest BCUT2D eigenvalue weighted by Gasteiger charge is 2.23. The summed E-state index contributed by atoms with van der Waals surface area (Å²) in [6, 6.07) is 7.08. The first-order valence-corrected chi connectivity index (χ1v) is 9.43. The van der Waals surface area contributed by atoms with Crippen molar-refractivity contribution in [3.05, 3.63) is 41.3 Å². The van der Waals surface area contributed by atoms with Crippen molar-refractivity contribution in [1.82, 2.24) is 15.2 Å². The number of sulfonamides is 1. The average Bonchev–Trinajstić information content (AvgIpc) is 3.18. The Labute approximate surface area is 151 Å². The highest BCUT2D eigenvalue weighted by molar-refractivity contribution is 7.89. The summed E-state index contributed by atoms with van der Waals surface area (Å²) in [6.45, 7) is 4.34. The van der Waals surface area contributed by atoms with E-state index in [9.17, 15) is 13.2 Å². The molecule has 1 saturated heterocycles. The molecule has 1 aromatic heterocycles. The summed E-state index contributed by atoms with van der Waals surface area (Å²) in [5.41, 5.74) is 1.83. The van der Waals surface area contributed by atoms with Crippen LogP contribution in [0.1, 0.15) is 17.0 Å². The first-order chi connectivity index (χ1) is 12.4. The number of urea groups is 1. The third kappa shape index (κ3) is 3.71. The van der Waals surface area contributed by atoms with Gasteiger partial charge in [-0.2, -0.15) is 4.72 Å². The van der Waals surface area contributed by atoms with Crippen molar-refractivity contribution in [2.75, 3.05) is 24.5 Å². The number of carbonyl (C=O) groups is 1. The predicted molar refractivity (Wildman–Crippen MR) is 95.2 cm³/mol. The zero-order chi connectivity index (χ0) is 18.7. The van der Waals surface area contributed by atoms with Crippen molar-refractivity contribution in [3.63, 3.8) is 0 Å². The van der Waals surface area contributed by atoms with Crippen molar-refractivity contribution in [2.24, 2.45) is 0 Å². The molecule has 1 aromatic carbocycles. The summed E-state index contributed by atoms with van der Waals surface area (Å²) in [6.07, 6.45) is 0. The number of carbonyl (C=O) groups excluding carboxylic acids is 1. The van der Waals surface area contributed by atoms with Crippen LogP contribution >= 0.6 is 0 Å². The second kappa shape index (κ2) is 7.19. The molecule has 136 valence electrons. The molecular formula is C17H18N4O4S. The molecule has 0 atom stereocenters. The lowest BCUT2D eigenvalue weighted by Gasteiger charge is -2.13. The van der Waals surface area contributed by atoms with Crippen LogP contribution in [0, 0.1) is 25.7 Å². The maximum absolute atomic E-state index is 12.2. The number of nitrogens with one attached hydrogen (secondary N) is 2. The van der Waals surface area contributed by atoms with Gasteiger partial charge in [-0.05, 0) is 38.1 Å². The minimum atomic E-state index is -3.72. The molecule has 1 aliphatic heterocycles. The zero-order valence-electron chi connectivity index (χ0n) is 14.4. The minimum Gasteiger partial charge on any atom is -0.360 e. The Balaban J connectivity index is 1.63. The third-order valence-electron chi connectivity index (χ3n) is 3.86. The molecule has 2 amide bonds. The van der Waals surface area contributed by atoms with Crippen LogP contribution in [0.25, 0.3) is 0 Å². The molecule has 8 nitrogen and oxygen atoms in total. The fourth-order valence-corrected chi connectivity index (χ4v) is 3.90. The average molecular weight is 374 g/mol. The van der Waals surface area contributed by atoms with Crippen molar-refractivity contribution in [2.45, 2.75) is 18.7 Å². The summed E-state index contributed by atoms with van der Waals surface area (Å²) >= 11 is 0. The van der Waals surface area contributed by atoms with Gasteiger partial charge in [0.15, 0.2) is 5.76 Å². The van der Waals surface area contributed by atoms with Crippen LogP contribution in [0.15, 0.2) is 33.7 Å². The molecule has 0 unspecified atom stereocenters.